The molecule has 0 aliphatic heterocycles. The van der Waals surface area contributed by atoms with E-state index in [1.165, 1.54) is 6.92 Å². The Morgan fingerprint density at radius 2 is 1.63 bits per heavy atom. The van der Waals surface area contributed by atoms with Crippen LogP contribution in [0.5, 0.6) is 0 Å². The van der Waals surface area contributed by atoms with Crippen LogP contribution in [0.2, 0.25) is 0 Å². The van der Waals surface area contributed by atoms with Crippen LogP contribution in [0.4, 0.5) is 4.79 Å². The number of carbonyl (C=O) groups excluding carboxylic acids is 3. The highest BCUT2D eigenvalue weighted by atomic mass is 35.5. The highest BCUT2D eigenvalue weighted by Crippen LogP contribution is 2.51. The molecule has 158 valence electrons. The lowest BCUT2D eigenvalue weighted by molar-refractivity contribution is -0.134. The van der Waals surface area contributed by atoms with Crippen LogP contribution < -0.4 is 16.4 Å². The van der Waals surface area contributed by atoms with Crippen molar-refractivity contribution in [2.75, 3.05) is 19.1 Å². The molecule has 0 aromatic heterocycles. The molecule has 0 radical (unpaired) electrons. The van der Waals surface area contributed by atoms with E-state index >= 15 is 0 Å². The van der Waals surface area contributed by atoms with Crippen molar-refractivity contribution in [3.63, 3.8) is 0 Å². The summed E-state index contributed by atoms with van der Waals surface area (Å²) in [5, 5.41) is 4.87. The molecule has 0 saturated heterocycles. The largest absolute Gasteiger partial charge is 0.436 e. The van der Waals surface area contributed by atoms with Crippen LogP contribution in [0.3, 0.4) is 0 Å². The lowest BCUT2D eigenvalue weighted by Crippen LogP contribution is -2.53. The van der Waals surface area contributed by atoms with Gasteiger partial charge in [0.25, 0.3) is 5.91 Å². The summed E-state index contributed by atoms with van der Waals surface area (Å²) in [7, 11) is -3.57. The number of alkyl halides is 1. The van der Waals surface area contributed by atoms with Crippen molar-refractivity contribution < 1.29 is 32.7 Å². The van der Waals surface area contributed by atoms with Gasteiger partial charge in [-0.05, 0) is 27.2 Å². The molecule has 0 aliphatic carbocycles. The first-order valence-electron chi connectivity index (χ1n) is 8.66. The molecule has 4 N–H and O–H groups in total. The number of ether oxygens (including phenoxy) is 1. The van der Waals surface area contributed by atoms with E-state index in [2.05, 4.69) is 10.6 Å². The van der Waals surface area contributed by atoms with Crippen LogP contribution >= 0.6 is 19.2 Å². The third-order valence-corrected chi connectivity index (χ3v) is 5.96. The number of hydrogen-bond acceptors (Lipinski definition) is 7. The first-order chi connectivity index (χ1) is 12.6. The fourth-order valence-corrected chi connectivity index (χ4v) is 3.84. The zero-order chi connectivity index (χ0) is 21.0. The van der Waals surface area contributed by atoms with Gasteiger partial charge in [-0.3, -0.25) is 14.2 Å². The molecule has 0 bridgehead atoms. The molecule has 0 spiro atoms. The molecule has 0 rings (SSSR count). The third-order valence-electron chi connectivity index (χ3n) is 3.33. The summed E-state index contributed by atoms with van der Waals surface area (Å²) in [6, 6.07) is -1.14. The Bertz CT molecular complexity index is 540. The van der Waals surface area contributed by atoms with Gasteiger partial charge in [0.05, 0.1) is 19.1 Å². The Morgan fingerprint density at radius 3 is 2.04 bits per heavy atom. The van der Waals surface area contributed by atoms with E-state index in [4.69, 9.17) is 31.1 Å². The molecule has 0 heterocycles. The van der Waals surface area contributed by atoms with Crippen molar-refractivity contribution in [1.82, 2.24) is 10.6 Å². The Morgan fingerprint density at radius 1 is 1.07 bits per heavy atom. The third kappa shape index (κ3) is 8.92. The molecule has 0 fully saturated rings. The number of halogens is 1. The normalized spacial score (nSPS) is 14.7. The number of rotatable bonds is 13. The molecule has 0 aromatic rings. The van der Waals surface area contributed by atoms with Crippen molar-refractivity contribution in [3.8, 4) is 0 Å². The maximum absolute atomic E-state index is 12.6. The van der Waals surface area contributed by atoms with Crippen molar-refractivity contribution in [2.45, 2.75) is 58.5 Å². The Hall–Kier alpha value is -1.35. The van der Waals surface area contributed by atoms with Gasteiger partial charge in [0.15, 0.2) is 6.10 Å². The van der Waals surface area contributed by atoms with Crippen LogP contribution in [0.1, 0.15) is 40.5 Å². The van der Waals surface area contributed by atoms with Crippen LogP contribution in [-0.2, 0) is 27.9 Å². The summed E-state index contributed by atoms with van der Waals surface area (Å²) in [6.45, 7) is 6.82. The molecule has 27 heavy (non-hydrogen) atoms. The minimum atomic E-state index is -3.57. The first kappa shape index (κ1) is 25.6. The minimum Gasteiger partial charge on any atom is -0.436 e. The van der Waals surface area contributed by atoms with Gasteiger partial charge >= 0.3 is 13.7 Å². The summed E-state index contributed by atoms with van der Waals surface area (Å²) >= 11 is 5.77. The second-order valence-electron chi connectivity index (χ2n) is 5.49. The van der Waals surface area contributed by atoms with E-state index in [9.17, 15) is 18.9 Å². The molecule has 0 aromatic carbocycles. The lowest BCUT2D eigenvalue weighted by atomic mass is 10.2. The fraction of sp³-hybridized carbons (Fsp3) is 0.800. The smallest absolute Gasteiger partial charge is 0.405 e. The molecular weight excluding hydrogens is 401 g/mol. The average Bonchev–Trinajstić information content (AvgIpc) is 2.58. The molecule has 0 aliphatic rings. The van der Waals surface area contributed by atoms with E-state index in [1.54, 1.807) is 20.8 Å². The van der Waals surface area contributed by atoms with Crippen molar-refractivity contribution >= 4 is 37.1 Å². The number of primary amides is 1. The molecule has 0 saturated carbocycles. The summed E-state index contributed by atoms with van der Waals surface area (Å²) in [5.74, 6) is -2.60. The molecule has 3 unspecified atom stereocenters. The number of amides is 3. The van der Waals surface area contributed by atoms with Crippen molar-refractivity contribution in [2.24, 2.45) is 5.73 Å². The van der Waals surface area contributed by atoms with Gasteiger partial charge in [0.2, 0.25) is 5.91 Å². The Kier molecular flexibility index (Phi) is 12.3. The predicted octanol–water partition coefficient (Wildman–Crippen LogP) is 1.70. The van der Waals surface area contributed by atoms with E-state index in [1.807, 2.05) is 0 Å². The van der Waals surface area contributed by atoms with Gasteiger partial charge in [-0.15, -0.1) is 11.6 Å². The topological polar surface area (TPSA) is 146 Å². The van der Waals surface area contributed by atoms with Gasteiger partial charge in [0, 0.05) is 0 Å². The molecule has 3 atom stereocenters. The molecular formula is C15H29ClN3O7P. The zero-order valence-electron chi connectivity index (χ0n) is 16.0. The van der Waals surface area contributed by atoms with E-state index < -0.39 is 43.4 Å². The summed E-state index contributed by atoms with van der Waals surface area (Å²) in [6.07, 6.45) is -1.46. The van der Waals surface area contributed by atoms with Crippen LogP contribution in [0, 0.1) is 0 Å². The number of nitrogens with one attached hydrogen (secondary N) is 2. The quantitative estimate of drug-likeness (QED) is 0.298. The van der Waals surface area contributed by atoms with Crippen LogP contribution in [0.15, 0.2) is 0 Å². The Labute approximate surface area is 164 Å². The number of hydrogen-bond donors (Lipinski definition) is 3. The SMILES string of the molecule is CCCC(OC(N)=O)C(=O)NC(CCl)C(=O)NC(C)P(=O)(OCC)OCC. The second-order valence-corrected chi connectivity index (χ2v) is 8.17. The van der Waals surface area contributed by atoms with E-state index in [0.29, 0.717) is 6.42 Å². The number of nitrogens with two attached hydrogens (primary N) is 1. The van der Waals surface area contributed by atoms with Crippen molar-refractivity contribution in [1.29, 1.82) is 0 Å². The van der Waals surface area contributed by atoms with E-state index in [-0.39, 0.29) is 25.5 Å². The fourth-order valence-electron chi connectivity index (χ4n) is 2.09. The molecule has 3 amide bonds. The van der Waals surface area contributed by atoms with Gasteiger partial charge < -0.3 is 30.2 Å². The summed E-state index contributed by atoms with van der Waals surface area (Å²) in [5.41, 5.74) is 4.95. The van der Waals surface area contributed by atoms with Crippen LogP contribution in [0.25, 0.3) is 0 Å². The summed E-state index contributed by atoms with van der Waals surface area (Å²) < 4.78 is 27.7. The van der Waals surface area contributed by atoms with E-state index in [0.717, 1.165) is 0 Å². The molecule has 10 nitrogen and oxygen atoms in total. The van der Waals surface area contributed by atoms with Gasteiger partial charge in [0.1, 0.15) is 11.8 Å². The molecule has 12 heteroatoms. The maximum Gasteiger partial charge on any atom is 0.405 e. The zero-order valence-corrected chi connectivity index (χ0v) is 17.7. The minimum absolute atomic E-state index is 0.135. The van der Waals surface area contributed by atoms with Crippen LogP contribution in [-0.4, -0.2) is 54.9 Å². The monoisotopic (exact) mass is 429 g/mol. The summed E-state index contributed by atoms with van der Waals surface area (Å²) in [4.78, 5) is 35.6. The first-order valence-corrected chi connectivity index (χ1v) is 10.8. The maximum atomic E-state index is 12.6. The average molecular weight is 430 g/mol. The number of carbonyl (C=O) groups is 3. The van der Waals surface area contributed by atoms with Gasteiger partial charge in [-0.25, -0.2) is 4.79 Å². The van der Waals surface area contributed by atoms with Gasteiger partial charge in [-0.1, -0.05) is 13.3 Å². The standard InChI is InChI=1S/C15H29ClN3O7P/c1-5-8-12(26-15(17)22)14(21)19-11(9-16)13(20)18-10(4)27(23,24-6-2)25-7-3/h10-12H,5-9H2,1-4H3,(H2,17,22)(H,18,20)(H,19,21). The van der Waals surface area contributed by atoms with Crippen molar-refractivity contribution in [3.05, 3.63) is 0 Å². The lowest BCUT2D eigenvalue weighted by Gasteiger charge is -2.26. The predicted molar refractivity (Wildman–Crippen MR) is 100 cm³/mol. The second kappa shape index (κ2) is 12.9. The highest BCUT2D eigenvalue weighted by Gasteiger charge is 2.35. The highest BCUT2D eigenvalue weighted by molar-refractivity contribution is 7.54. The van der Waals surface area contributed by atoms with Gasteiger partial charge in [-0.2, -0.15) is 0 Å². The Balaban J connectivity index is 5.05.